The molecular formula is C13H16N2OS. The average Bonchev–Trinajstić information content (AvgIpc) is 2.81. The van der Waals surface area contributed by atoms with Crippen LogP contribution in [0.5, 0.6) is 0 Å². The van der Waals surface area contributed by atoms with Crippen molar-refractivity contribution in [1.29, 1.82) is 0 Å². The van der Waals surface area contributed by atoms with Gasteiger partial charge in [0.1, 0.15) is 5.76 Å². The van der Waals surface area contributed by atoms with Crippen molar-refractivity contribution >= 4 is 11.8 Å². The van der Waals surface area contributed by atoms with Crippen molar-refractivity contribution in [2.24, 2.45) is 5.73 Å². The van der Waals surface area contributed by atoms with Gasteiger partial charge in [0.25, 0.3) is 0 Å². The highest BCUT2D eigenvalue weighted by Gasteiger charge is 2.04. The van der Waals surface area contributed by atoms with E-state index in [-0.39, 0.29) is 0 Å². The van der Waals surface area contributed by atoms with Crippen LogP contribution in [0.3, 0.4) is 0 Å². The number of furan rings is 1. The number of hydrogen-bond donors (Lipinski definition) is 1. The standard InChI is InChI=1S/C13H16N2OS/c1-10-7-11(4-5-14)8-15-13(10)17-9-12-3-2-6-16-12/h2-3,6-8H,4-5,9,14H2,1H3. The fourth-order valence-electron chi connectivity index (χ4n) is 1.61. The zero-order valence-corrected chi connectivity index (χ0v) is 10.7. The Morgan fingerprint density at radius 2 is 2.35 bits per heavy atom. The maximum atomic E-state index is 5.53. The monoisotopic (exact) mass is 248 g/mol. The zero-order chi connectivity index (χ0) is 12.1. The van der Waals surface area contributed by atoms with E-state index in [0.717, 1.165) is 23.0 Å². The van der Waals surface area contributed by atoms with Crippen molar-refractivity contribution in [1.82, 2.24) is 4.98 Å². The lowest BCUT2D eigenvalue weighted by molar-refractivity contribution is 0.530. The molecule has 0 saturated carbocycles. The molecule has 0 aliphatic rings. The molecule has 3 nitrogen and oxygen atoms in total. The first-order valence-electron chi connectivity index (χ1n) is 5.60. The second-order valence-electron chi connectivity index (χ2n) is 3.87. The van der Waals surface area contributed by atoms with Crippen LogP contribution in [0.2, 0.25) is 0 Å². The van der Waals surface area contributed by atoms with Gasteiger partial charge in [0, 0.05) is 6.20 Å². The van der Waals surface area contributed by atoms with Crippen molar-refractivity contribution in [3.05, 3.63) is 47.5 Å². The number of hydrogen-bond acceptors (Lipinski definition) is 4. The van der Waals surface area contributed by atoms with Crippen LogP contribution < -0.4 is 5.73 Å². The number of rotatable bonds is 5. The van der Waals surface area contributed by atoms with Gasteiger partial charge in [-0.2, -0.15) is 0 Å². The van der Waals surface area contributed by atoms with Crippen LogP contribution in [-0.4, -0.2) is 11.5 Å². The average molecular weight is 248 g/mol. The van der Waals surface area contributed by atoms with Gasteiger partial charge in [0.15, 0.2) is 0 Å². The van der Waals surface area contributed by atoms with Crippen molar-refractivity contribution in [3.8, 4) is 0 Å². The van der Waals surface area contributed by atoms with Gasteiger partial charge in [0.2, 0.25) is 0 Å². The van der Waals surface area contributed by atoms with Gasteiger partial charge < -0.3 is 10.2 Å². The molecule has 2 N–H and O–H groups in total. The Balaban J connectivity index is 2.01. The molecule has 2 aromatic rings. The fourth-order valence-corrected chi connectivity index (χ4v) is 2.47. The highest BCUT2D eigenvalue weighted by atomic mass is 32.2. The van der Waals surface area contributed by atoms with Gasteiger partial charge in [-0.15, -0.1) is 0 Å². The van der Waals surface area contributed by atoms with E-state index in [9.17, 15) is 0 Å². The van der Waals surface area contributed by atoms with Gasteiger partial charge in [-0.1, -0.05) is 17.8 Å². The largest absolute Gasteiger partial charge is 0.468 e. The van der Waals surface area contributed by atoms with E-state index in [1.54, 1.807) is 18.0 Å². The van der Waals surface area contributed by atoms with Crippen LogP contribution >= 0.6 is 11.8 Å². The summed E-state index contributed by atoms with van der Waals surface area (Å²) in [4.78, 5) is 4.46. The maximum Gasteiger partial charge on any atom is 0.114 e. The summed E-state index contributed by atoms with van der Waals surface area (Å²) < 4.78 is 5.29. The molecule has 0 unspecified atom stereocenters. The molecule has 2 aromatic heterocycles. The minimum atomic E-state index is 0.667. The van der Waals surface area contributed by atoms with Gasteiger partial charge in [-0.25, -0.2) is 4.98 Å². The molecule has 0 fully saturated rings. The van der Waals surface area contributed by atoms with Crippen LogP contribution in [0.15, 0.2) is 40.1 Å². The molecule has 2 heterocycles. The predicted octanol–water partition coefficient (Wildman–Crippen LogP) is 2.78. The van der Waals surface area contributed by atoms with Crippen LogP contribution in [0.25, 0.3) is 0 Å². The highest BCUT2D eigenvalue weighted by molar-refractivity contribution is 7.98. The number of nitrogens with two attached hydrogens (primary N) is 1. The molecule has 0 saturated heterocycles. The molecule has 0 bridgehead atoms. The molecule has 0 amide bonds. The maximum absolute atomic E-state index is 5.53. The van der Waals surface area contributed by atoms with Gasteiger partial charge in [-0.3, -0.25) is 0 Å². The van der Waals surface area contributed by atoms with Gasteiger partial charge in [0.05, 0.1) is 17.0 Å². The molecule has 0 radical (unpaired) electrons. The minimum absolute atomic E-state index is 0.667. The van der Waals surface area contributed by atoms with E-state index in [1.807, 2.05) is 18.3 Å². The smallest absolute Gasteiger partial charge is 0.114 e. The van der Waals surface area contributed by atoms with Crippen molar-refractivity contribution in [2.75, 3.05) is 6.54 Å². The summed E-state index contributed by atoms with van der Waals surface area (Å²) in [6.45, 7) is 2.75. The zero-order valence-electron chi connectivity index (χ0n) is 9.85. The van der Waals surface area contributed by atoms with Crippen molar-refractivity contribution in [3.63, 3.8) is 0 Å². The SMILES string of the molecule is Cc1cc(CCN)cnc1SCc1ccco1. The van der Waals surface area contributed by atoms with E-state index >= 15 is 0 Å². The Morgan fingerprint density at radius 3 is 3.00 bits per heavy atom. The van der Waals surface area contributed by atoms with Crippen LogP contribution in [0.4, 0.5) is 0 Å². The van der Waals surface area contributed by atoms with E-state index in [4.69, 9.17) is 10.2 Å². The Labute approximate surface area is 105 Å². The summed E-state index contributed by atoms with van der Waals surface area (Å²) in [5, 5.41) is 1.06. The summed E-state index contributed by atoms with van der Waals surface area (Å²) in [5.74, 6) is 1.79. The van der Waals surface area contributed by atoms with Crippen LogP contribution in [0, 0.1) is 6.92 Å². The summed E-state index contributed by atoms with van der Waals surface area (Å²) in [7, 11) is 0. The molecule has 4 heteroatoms. The summed E-state index contributed by atoms with van der Waals surface area (Å²) in [5.41, 5.74) is 7.93. The second-order valence-corrected chi connectivity index (χ2v) is 4.84. The molecule has 0 aliphatic carbocycles. The third-order valence-electron chi connectivity index (χ3n) is 2.45. The normalized spacial score (nSPS) is 10.7. The van der Waals surface area contributed by atoms with Gasteiger partial charge >= 0.3 is 0 Å². The lowest BCUT2D eigenvalue weighted by Gasteiger charge is -2.05. The predicted molar refractivity (Wildman–Crippen MR) is 70.0 cm³/mol. The molecular weight excluding hydrogens is 232 g/mol. The second kappa shape index (κ2) is 5.89. The number of pyridine rings is 1. The third-order valence-corrected chi connectivity index (χ3v) is 3.58. The molecule has 0 atom stereocenters. The lowest BCUT2D eigenvalue weighted by Crippen LogP contribution is -2.03. The highest BCUT2D eigenvalue weighted by Crippen LogP contribution is 2.24. The molecule has 90 valence electrons. The van der Waals surface area contributed by atoms with E-state index in [0.29, 0.717) is 6.54 Å². The van der Waals surface area contributed by atoms with Crippen molar-refractivity contribution in [2.45, 2.75) is 24.1 Å². The van der Waals surface area contributed by atoms with E-state index in [1.165, 1.54) is 11.1 Å². The summed E-state index contributed by atoms with van der Waals surface area (Å²) in [6, 6.07) is 6.04. The summed E-state index contributed by atoms with van der Waals surface area (Å²) in [6.07, 6.45) is 4.49. The van der Waals surface area contributed by atoms with Gasteiger partial charge in [-0.05, 0) is 43.1 Å². The first-order valence-corrected chi connectivity index (χ1v) is 6.59. The fraction of sp³-hybridized carbons (Fsp3) is 0.308. The Bertz CT molecular complexity index is 468. The molecule has 0 spiro atoms. The third kappa shape index (κ3) is 3.35. The van der Waals surface area contributed by atoms with E-state index < -0.39 is 0 Å². The number of thioether (sulfide) groups is 1. The number of aryl methyl sites for hydroxylation is 1. The molecule has 17 heavy (non-hydrogen) atoms. The molecule has 2 rings (SSSR count). The van der Waals surface area contributed by atoms with E-state index in [2.05, 4.69) is 18.0 Å². The Kier molecular flexibility index (Phi) is 4.23. The topological polar surface area (TPSA) is 52.0 Å². The van der Waals surface area contributed by atoms with Crippen LogP contribution in [-0.2, 0) is 12.2 Å². The Hall–Kier alpha value is -1.26. The van der Waals surface area contributed by atoms with Crippen LogP contribution in [0.1, 0.15) is 16.9 Å². The quantitative estimate of drug-likeness (QED) is 0.827. The first kappa shape index (κ1) is 12.2. The number of nitrogens with zero attached hydrogens (tertiary/aromatic N) is 1. The molecule has 0 aromatic carbocycles. The Morgan fingerprint density at radius 1 is 1.47 bits per heavy atom. The lowest BCUT2D eigenvalue weighted by atomic mass is 10.2. The molecule has 0 aliphatic heterocycles. The first-order chi connectivity index (χ1) is 8.29. The van der Waals surface area contributed by atoms with Crippen molar-refractivity contribution < 1.29 is 4.42 Å². The summed E-state index contributed by atoms with van der Waals surface area (Å²) >= 11 is 1.70. The minimum Gasteiger partial charge on any atom is -0.468 e. The number of aromatic nitrogens is 1.